The zero-order chi connectivity index (χ0) is 26.1. The van der Waals surface area contributed by atoms with Crippen LogP contribution in [0.15, 0.2) is 66.8 Å². The molecule has 1 N–H and O–H groups in total. The van der Waals surface area contributed by atoms with Gasteiger partial charge in [0.05, 0.1) is 35.1 Å². The molecule has 188 valence electrons. The minimum absolute atomic E-state index is 0.0758. The lowest BCUT2D eigenvalue weighted by Crippen LogP contribution is -2.40. The van der Waals surface area contributed by atoms with Crippen LogP contribution in [-0.4, -0.2) is 35.1 Å². The Labute approximate surface area is 224 Å². The van der Waals surface area contributed by atoms with Crippen LogP contribution in [-0.2, 0) is 9.53 Å². The number of ether oxygens (including phenoxy) is 2. The fraction of sp³-hybridized carbons (Fsp3) is 0.269. The van der Waals surface area contributed by atoms with E-state index in [0.29, 0.717) is 30.6 Å². The third-order valence-corrected chi connectivity index (χ3v) is 7.78. The standard InChI is InChI=1S/C26H25BrN2O5S2/c1-13(2)34-25(32)21-14(3)28-26-29(22(21)15-6-8-18(35-5)9-7-15)24(31)20(36-26)11-16-10-17(27)12-19(33-4)23(16)30/h6-13,22,30H,1-5H3/b20-11-/t22-/m1/s1. The van der Waals surface area contributed by atoms with Gasteiger partial charge in [-0.05, 0) is 62.9 Å². The molecule has 0 radical (unpaired) electrons. The summed E-state index contributed by atoms with van der Waals surface area (Å²) in [6.45, 7) is 5.32. The highest BCUT2D eigenvalue weighted by Crippen LogP contribution is 2.34. The number of esters is 1. The number of aromatic nitrogens is 1. The zero-order valence-electron chi connectivity index (χ0n) is 20.4. The highest BCUT2D eigenvalue weighted by molar-refractivity contribution is 9.10. The summed E-state index contributed by atoms with van der Waals surface area (Å²) in [6.07, 6.45) is 3.27. The van der Waals surface area contributed by atoms with Crippen molar-refractivity contribution in [2.75, 3.05) is 13.4 Å². The van der Waals surface area contributed by atoms with E-state index in [-0.39, 0.29) is 23.2 Å². The van der Waals surface area contributed by atoms with Crippen molar-refractivity contribution in [3.63, 3.8) is 0 Å². The molecule has 3 aromatic rings. The Morgan fingerprint density at radius 3 is 2.58 bits per heavy atom. The summed E-state index contributed by atoms with van der Waals surface area (Å²) in [4.78, 5) is 33.1. The molecule has 10 heteroatoms. The van der Waals surface area contributed by atoms with Crippen molar-refractivity contribution in [3.05, 3.63) is 83.0 Å². The first kappa shape index (κ1) is 26.2. The Hall–Kier alpha value is -2.82. The first-order valence-corrected chi connectivity index (χ1v) is 13.9. The number of fused-ring (bicyclic) bond motifs is 1. The van der Waals surface area contributed by atoms with E-state index in [9.17, 15) is 14.7 Å². The lowest BCUT2D eigenvalue weighted by Gasteiger charge is -2.25. The number of thiazole rings is 1. The Balaban J connectivity index is 1.96. The maximum absolute atomic E-state index is 13.8. The summed E-state index contributed by atoms with van der Waals surface area (Å²) in [5.74, 6) is -0.299. The summed E-state index contributed by atoms with van der Waals surface area (Å²) in [6, 6.07) is 10.4. The van der Waals surface area contributed by atoms with Gasteiger partial charge in [0.25, 0.3) is 5.56 Å². The van der Waals surface area contributed by atoms with E-state index in [2.05, 4.69) is 20.9 Å². The lowest BCUT2D eigenvalue weighted by molar-refractivity contribution is -0.143. The summed E-state index contributed by atoms with van der Waals surface area (Å²) >= 11 is 6.21. The van der Waals surface area contributed by atoms with Gasteiger partial charge in [-0.25, -0.2) is 9.79 Å². The van der Waals surface area contributed by atoms with Gasteiger partial charge in [-0.1, -0.05) is 39.4 Å². The topological polar surface area (TPSA) is 90.1 Å². The molecular formula is C26H25BrN2O5S2. The second-order valence-corrected chi connectivity index (χ2v) is 11.2. The monoisotopic (exact) mass is 588 g/mol. The molecule has 0 saturated heterocycles. The van der Waals surface area contributed by atoms with E-state index >= 15 is 0 Å². The number of allylic oxidation sites excluding steroid dienone is 1. The second-order valence-electron chi connectivity index (χ2n) is 8.35. The molecule has 2 aromatic carbocycles. The Bertz CT molecular complexity index is 1540. The van der Waals surface area contributed by atoms with Crippen LogP contribution >= 0.6 is 39.0 Å². The van der Waals surface area contributed by atoms with Crippen molar-refractivity contribution in [1.29, 1.82) is 0 Å². The number of halogens is 1. The predicted molar refractivity (Wildman–Crippen MR) is 146 cm³/mol. The highest BCUT2D eigenvalue weighted by atomic mass is 79.9. The van der Waals surface area contributed by atoms with Crippen LogP contribution in [0.4, 0.5) is 0 Å². The van der Waals surface area contributed by atoms with E-state index < -0.39 is 12.0 Å². The number of methoxy groups -OCH3 is 1. The molecule has 1 aliphatic heterocycles. The molecule has 2 heterocycles. The van der Waals surface area contributed by atoms with Crippen LogP contribution in [0.1, 0.15) is 37.9 Å². The fourth-order valence-corrected chi connectivity index (χ4v) is 5.86. The van der Waals surface area contributed by atoms with Crippen LogP contribution in [0.2, 0.25) is 0 Å². The SMILES string of the molecule is COc1cc(Br)cc(/C=c2\sc3n(c2=O)[C@H](c2ccc(SC)cc2)C(C(=O)OC(C)C)=C(C)N=3)c1O. The Morgan fingerprint density at radius 1 is 1.28 bits per heavy atom. The number of hydrogen-bond donors (Lipinski definition) is 1. The van der Waals surface area contributed by atoms with Crippen LogP contribution < -0.4 is 19.6 Å². The molecule has 0 aliphatic carbocycles. The number of thioether (sulfide) groups is 1. The molecule has 7 nitrogen and oxygen atoms in total. The van der Waals surface area contributed by atoms with Gasteiger partial charge in [-0.15, -0.1) is 11.8 Å². The highest BCUT2D eigenvalue weighted by Gasteiger charge is 2.33. The maximum atomic E-state index is 13.8. The molecule has 1 aromatic heterocycles. The maximum Gasteiger partial charge on any atom is 0.338 e. The van der Waals surface area contributed by atoms with Gasteiger partial charge in [-0.3, -0.25) is 9.36 Å². The average Bonchev–Trinajstić information content (AvgIpc) is 3.14. The number of phenolic OH excluding ortho intramolecular Hbond substituents is 1. The third-order valence-electron chi connectivity index (χ3n) is 5.59. The number of rotatable bonds is 6. The molecule has 0 fully saturated rings. The van der Waals surface area contributed by atoms with Crippen molar-refractivity contribution in [2.24, 2.45) is 4.99 Å². The van der Waals surface area contributed by atoms with Crippen molar-refractivity contribution < 1.29 is 19.4 Å². The summed E-state index contributed by atoms with van der Waals surface area (Å²) < 4.78 is 13.4. The molecule has 0 spiro atoms. The molecule has 1 atom stereocenters. The molecule has 0 amide bonds. The Morgan fingerprint density at radius 2 is 1.97 bits per heavy atom. The minimum atomic E-state index is -0.698. The average molecular weight is 590 g/mol. The van der Waals surface area contributed by atoms with Crippen molar-refractivity contribution in [1.82, 2.24) is 4.57 Å². The van der Waals surface area contributed by atoms with Crippen LogP contribution in [0, 0.1) is 0 Å². The predicted octanol–water partition coefficient (Wildman–Crippen LogP) is 4.39. The summed E-state index contributed by atoms with van der Waals surface area (Å²) in [5.41, 5.74) is 1.70. The molecule has 1 aliphatic rings. The van der Waals surface area contributed by atoms with Crippen LogP contribution in [0.5, 0.6) is 11.5 Å². The first-order valence-electron chi connectivity index (χ1n) is 11.1. The first-order chi connectivity index (χ1) is 17.1. The largest absolute Gasteiger partial charge is 0.504 e. The van der Waals surface area contributed by atoms with Crippen molar-refractivity contribution in [2.45, 2.75) is 37.8 Å². The van der Waals surface area contributed by atoms with E-state index in [1.807, 2.05) is 30.5 Å². The van der Waals surface area contributed by atoms with Gasteiger partial charge >= 0.3 is 5.97 Å². The molecule has 0 saturated carbocycles. The van der Waals surface area contributed by atoms with Crippen molar-refractivity contribution >= 4 is 51.1 Å². The molecule has 0 bridgehead atoms. The summed E-state index contributed by atoms with van der Waals surface area (Å²) in [7, 11) is 1.46. The summed E-state index contributed by atoms with van der Waals surface area (Å²) in [5, 5.41) is 10.6. The third kappa shape index (κ3) is 5.02. The minimum Gasteiger partial charge on any atom is -0.504 e. The van der Waals surface area contributed by atoms with Gasteiger partial charge in [0.15, 0.2) is 16.3 Å². The van der Waals surface area contributed by atoms with E-state index in [0.717, 1.165) is 10.5 Å². The number of phenols is 1. The lowest BCUT2D eigenvalue weighted by atomic mass is 9.96. The molecule has 0 unspecified atom stereocenters. The van der Waals surface area contributed by atoms with Crippen LogP contribution in [0.3, 0.4) is 0 Å². The smallest absolute Gasteiger partial charge is 0.338 e. The number of aromatic hydroxyl groups is 1. The normalized spacial score (nSPS) is 15.6. The van der Waals surface area contributed by atoms with E-state index in [4.69, 9.17) is 9.47 Å². The number of carbonyl (C=O) groups excluding carboxylic acids is 1. The second kappa shape index (κ2) is 10.7. The number of carbonyl (C=O) groups is 1. The van der Waals surface area contributed by atoms with Gasteiger partial charge in [0.2, 0.25) is 0 Å². The van der Waals surface area contributed by atoms with E-state index in [1.165, 1.54) is 23.0 Å². The molecule has 4 rings (SSSR count). The zero-order valence-corrected chi connectivity index (χ0v) is 23.6. The van der Waals surface area contributed by atoms with E-state index in [1.54, 1.807) is 50.7 Å². The number of nitrogens with zero attached hydrogens (tertiary/aromatic N) is 2. The van der Waals surface area contributed by atoms with Crippen LogP contribution in [0.25, 0.3) is 6.08 Å². The molecule has 36 heavy (non-hydrogen) atoms. The van der Waals surface area contributed by atoms with Gasteiger partial charge in [-0.2, -0.15) is 0 Å². The van der Waals surface area contributed by atoms with Crippen molar-refractivity contribution in [3.8, 4) is 11.5 Å². The number of benzene rings is 2. The van der Waals surface area contributed by atoms with Gasteiger partial charge < -0.3 is 14.6 Å². The quantitative estimate of drug-likeness (QED) is 0.339. The molecular weight excluding hydrogens is 564 g/mol. The Kier molecular flexibility index (Phi) is 7.77. The fourth-order valence-electron chi connectivity index (χ4n) is 3.96. The van der Waals surface area contributed by atoms with Gasteiger partial charge in [0, 0.05) is 14.9 Å². The number of hydrogen-bond acceptors (Lipinski definition) is 8. The van der Waals surface area contributed by atoms with Gasteiger partial charge in [0.1, 0.15) is 0 Å².